The number of nitrogens with one attached hydrogen (secondary N) is 2. The van der Waals surface area contributed by atoms with Gasteiger partial charge < -0.3 is 16.4 Å². The topological polar surface area (TPSA) is 126 Å². The van der Waals surface area contributed by atoms with E-state index in [1.165, 1.54) is 10.9 Å². The predicted octanol–water partition coefficient (Wildman–Crippen LogP) is 4.32. The number of anilines is 2. The average molecular weight is 509 g/mol. The maximum Gasteiger partial charge on any atom is 0.408 e. The molecule has 1 heterocycles. The summed E-state index contributed by atoms with van der Waals surface area (Å²) in [5.41, 5.74) is 6.25. The number of alkyl halides is 3. The molecule has 0 aliphatic heterocycles. The number of halogens is 4. The fourth-order valence-corrected chi connectivity index (χ4v) is 4.65. The zero-order valence-corrected chi connectivity index (χ0v) is 19.3. The number of aromatic nitrogens is 2. The second-order valence-electron chi connectivity index (χ2n) is 9.05. The van der Waals surface area contributed by atoms with Crippen molar-refractivity contribution in [3.8, 4) is 6.07 Å². The number of nitriles is 1. The third-order valence-electron chi connectivity index (χ3n) is 6.54. The van der Waals surface area contributed by atoms with Gasteiger partial charge in [0.1, 0.15) is 11.6 Å². The largest absolute Gasteiger partial charge is 0.408 e. The van der Waals surface area contributed by atoms with Crippen molar-refractivity contribution in [3.63, 3.8) is 0 Å². The molecular formula is C23H24ClF3N6O2. The van der Waals surface area contributed by atoms with Crippen molar-refractivity contribution in [2.45, 2.75) is 50.4 Å². The Morgan fingerprint density at radius 1 is 1.20 bits per heavy atom. The van der Waals surface area contributed by atoms with Gasteiger partial charge in [0.25, 0.3) is 5.91 Å². The van der Waals surface area contributed by atoms with Gasteiger partial charge in [-0.3, -0.25) is 14.3 Å². The van der Waals surface area contributed by atoms with E-state index in [0.717, 1.165) is 0 Å². The fraction of sp³-hybridized carbons (Fsp3) is 0.478. The van der Waals surface area contributed by atoms with Crippen LogP contribution in [0.4, 0.5) is 24.7 Å². The Balaban J connectivity index is 1.48. The van der Waals surface area contributed by atoms with E-state index in [0.29, 0.717) is 30.0 Å². The molecule has 2 aliphatic rings. The standard InChI is InChI=1S/C23H24ClF3N6O2/c24-15-4-6-16(7-5-15)30-21-17(20(29)34)11-33(32-21)18-8-3-13(9-14(18)10-28)22(35)31-19(12-1-2-12)23(25,26)27/h4-7,11-14,18-19H,1-3,8-9H2,(H2,29,34)(H,30,32)(H,31,35)/t13-,14+,18?,19+/m1/s1. The zero-order valence-electron chi connectivity index (χ0n) is 18.6. The van der Waals surface area contributed by atoms with Crippen LogP contribution in [0.25, 0.3) is 0 Å². The molecule has 2 amide bonds. The van der Waals surface area contributed by atoms with Crippen LogP contribution in [-0.2, 0) is 4.79 Å². The minimum atomic E-state index is -4.50. The van der Waals surface area contributed by atoms with Gasteiger partial charge in [-0.1, -0.05) is 11.6 Å². The van der Waals surface area contributed by atoms with E-state index in [1.54, 1.807) is 24.3 Å². The molecule has 0 bridgehead atoms. The van der Waals surface area contributed by atoms with Crippen LogP contribution >= 0.6 is 11.6 Å². The second-order valence-corrected chi connectivity index (χ2v) is 9.48. The lowest BCUT2D eigenvalue weighted by atomic mass is 9.78. The number of amides is 2. The van der Waals surface area contributed by atoms with Crippen molar-refractivity contribution in [3.05, 3.63) is 41.0 Å². The van der Waals surface area contributed by atoms with Gasteiger partial charge in [0.15, 0.2) is 5.82 Å². The summed E-state index contributed by atoms with van der Waals surface area (Å²) in [5, 5.41) is 19.9. The minimum absolute atomic E-state index is 0.0912. The second kappa shape index (κ2) is 9.77. The molecule has 4 N–H and O–H groups in total. The third-order valence-corrected chi connectivity index (χ3v) is 6.79. The number of hydrogen-bond donors (Lipinski definition) is 3. The number of benzene rings is 1. The Labute approximate surface area is 204 Å². The molecule has 0 radical (unpaired) electrons. The maximum atomic E-state index is 13.3. The number of primary amides is 1. The summed E-state index contributed by atoms with van der Waals surface area (Å²) in [6.45, 7) is 0. The summed E-state index contributed by atoms with van der Waals surface area (Å²) in [4.78, 5) is 24.6. The van der Waals surface area contributed by atoms with Crippen LogP contribution in [0.2, 0.25) is 5.02 Å². The quantitative estimate of drug-likeness (QED) is 0.513. The number of hydrogen-bond acceptors (Lipinski definition) is 5. The van der Waals surface area contributed by atoms with Gasteiger partial charge in [0.2, 0.25) is 5.91 Å². The van der Waals surface area contributed by atoms with E-state index in [1.807, 2.05) is 0 Å². The SMILES string of the molecule is N#C[C@@H]1C[C@H](C(=O)N[C@@H](C2CC2)C(F)(F)F)CCC1n1cc(C(N)=O)c(Nc2ccc(Cl)cc2)n1. The molecule has 1 aromatic carbocycles. The first-order chi connectivity index (χ1) is 16.6. The predicted molar refractivity (Wildman–Crippen MR) is 122 cm³/mol. The highest BCUT2D eigenvalue weighted by atomic mass is 35.5. The first kappa shape index (κ1) is 24.9. The molecule has 4 atom stereocenters. The molecule has 0 spiro atoms. The van der Waals surface area contributed by atoms with E-state index in [2.05, 4.69) is 21.8 Å². The minimum Gasteiger partial charge on any atom is -0.365 e. The van der Waals surface area contributed by atoms with Crippen LogP contribution in [0.3, 0.4) is 0 Å². The number of carbonyl (C=O) groups excluding carboxylic acids is 2. The summed E-state index contributed by atoms with van der Waals surface area (Å²) in [5.74, 6) is -3.17. The lowest BCUT2D eigenvalue weighted by Crippen LogP contribution is -2.49. The number of carbonyl (C=O) groups is 2. The monoisotopic (exact) mass is 508 g/mol. The number of nitrogens with two attached hydrogens (primary N) is 1. The first-order valence-electron chi connectivity index (χ1n) is 11.2. The van der Waals surface area contributed by atoms with E-state index in [4.69, 9.17) is 17.3 Å². The van der Waals surface area contributed by atoms with Gasteiger partial charge in [0.05, 0.1) is 18.0 Å². The summed E-state index contributed by atoms with van der Waals surface area (Å²) in [6, 6.07) is 6.56. The Kier molecular flexibility index (Phi) is 6.94. The van der Waals surface area contributed by atoms with E-state index in [-0.39, 0.29) is 24.2 Å². The zero-order chi connectivity index (χ0) is 25.3. The Morgan fingerprint density at radius 2 is 1.89 bits per heavy atom. The molecule has 2 aromatic rings. The summed E-state index contributed by atoms with van der Waals surface area (Å²) in [6.07, 6.45) is -1.47. The van der Waals surface area contributed by atoms with Gasteiger partial charge >= 0.3 is 6.18 Å². The normalized spacial score (nSPS) is 23.2. The molecule has 186 valence electrons. The van der Waals surface area contributed by atoms with Gasteiger partial charge in [-0.25, -0.2) is 0 Å². The van der Waals surface area contributed by atoms with E-state index in [9.17, 15) is 28.0 Å². The number of rotatable bonds is 7. The van der Waals surface area contributed by atoms with Gasteiger partial charge in [-0.05, 0) is 62.3 Å². The van der Waals surface area contributed by atoms with E-state index < -0.39 is 47.8 Å². The molecule has 2 saturated carbocycles. The van der Waals surface area contributed by atoms with Crippen molar-refractivity contribution in [2.24, 2.45) is 23.5 Å². The molecule has 0 saturated heterocycles. The maximum absolute atomic E-state index is 13.3. The highest BCUT2D eigenvalue weighted by molar-refractivity contribution is 6.30. The van der Waals surface area contributed by atoms with Crippen molar-refractivity contribution in [1.82, 2.24) is 15.1 Å². The molecule has 35 heavy (non-hydrogen) atoms. The molecule has 4 rings (SSSR count). The summed E-state index contributed by atoms with van der Waals surface area (Å²) >= 11 is 5.90. The molecule has 8 nitrogen and oxygen atoms in total. The van der Waals surface area contributed by atoms with Gasteiger partial charge in [0, 0.05) is 22.8 Å². The molecule has 12 heteroatoms. The van der Waals surface area contributed by atoms with Crippen molar-refractivity contribution in [1.29, 1.82) is 5.26 Å². The Bertz CT molecular complexity index is 1140. The van der Waals surface area contributed by atoms with Crippen LogP contribution in [0.1, 0.15) is 48.5 Å². The third kappa shape index (κ3) is 5.70. The van der Waals surface area contributed by atoms with Crippen molar-refractivity contribution < 1.29 is 22.8 Å². The van der Waals surface area contributed by atoms with Crippen LogP contribution in [0.15, 0.2) is 30.5 Å². The number of nitrogens with zero attached hydrogens (tertiary/aromatic N) is 3. The highest BCUT2D eigenvalue weighted by Crippen LogP contribution is 2.42. The van der Waals surface area contributed by atoms with Crippen LogP contribution in [0, 0.1) is 29.1 Å². The molecule has 1 unspecified atom stereocenters. The van der Waals surface area contributed by atoms with Crippen LogP contribution < -0.4 is 16.4 Å². The van der Waals surface area contributed by atoms with Gasteiger partial charge in [-0.15, -0.1) is 0 Å². The first-order valence-corrected chi connectivity index (χ1v) is 11.6. The van der Waals surface area contributed by atoms with Crippen LogP contribution in [0.5, 0.6) is 0 Å². The smallest absolute Gasteiger partial charge is 0.365 e. The van der Waals surface area contributed by atoms with Gasteiger partial charge in [-0.2, -0.15) is 23.5 Å². The van der Waals surface area contributed by atoms with Crippen LogP contribution in [-0.4, -0.2) is 33.8 Å². The highest BCUT2D eigenvalue weighted by Gasteiger charge is 2.50. The average Bonchev–Trinajstić information content (AvgIpc) is 3.56. The lowest BCUT2D eigenvalue weighted by Gasteiger charge is -2.33. The summed E-state index contributed by atoms with van der Waals surface area (Å²) in [7, 11) is 0. The van der Waals surface area contributed by atoms with Crippen molar-refractivity contribution >= 4 is 34.9 Å². The summed E-state index contributed by atoms with van der Waals surface area (Å²) < 4.78 is 41.4. The fourth-order valence-electron chi connectivity index (χ4n) is 4.52. The lowest BCUT2D eigenvalue weighted by molar-refractivity contribution is -0.167. The molecule has 1 aromatic heterocycles. The molecular weight excluding hydrogens is 485 g/mol. The van der Waals surface area contributed by atoms with Crippen molar-refractivity contribution in [2.75, 3.05) is 5.32 Å². The molecule has 2 fully saturated rings. The Hall–Kier alpha value is -3.26. The Morgan fingerprint density at radius 3 is 2.46 bits per heavy atom. The molecule has 2 aliphatic carbocycles. The van der Waals surface area contributed by atoms with E-state index >= 15 is 0 Å².